The molecule has 0 aliphatic rings. The van der Waals surface area contributed by atoms with Crippen LogP contribution in [0.25, 0.3) is 0 Å². The Balaban J connectivity index is 4.12. The van der Waals surface area contributed by atoms with Crippen LogP contribution in [-0.4, -0.2) is 12.0 Å². The quantitative estimate of drug-likeness (QED) is 0.708. The fourth-order valence-electron chi connectivity index (χ4n) is 0.644. The maximum Gasteiger partial charge on any atom is 0.389 e. The molecule has 0 saturated carbocycles. The molecule has 0 fully saturated rings. The molecule has 1 nitrogen and oxygen atoms in total. The number of Topliss-reactive ketones (excluding diaryl/α,β-unsaturated/α-hetero) is 1. The van der Waals surface area contributed by atoms with Crippen LogP contribution in [0.1, 0.15) is 26.7 Å². The Hall–Kier alpha value is -0.320. The third-order valence-corrected chi connectivity index (χ3v) is 2.55. The van der Waals surface area contributed by atoms with Crippen molar-refractivity contribution < 1.29 is 18.0 Å². The van der Waals surface area contributed by atoms with Gasteiger partial charge >= 0.3 is 6.18 Å². The minimum atomic E-state index is -4.26. The van der Waals surface area contributed by atoms with Gasteiger partial charge < -0.3 is 0 Å². The summed E-state index contributed by atoms with van der Waals surface area (Å²) in [7, 11) is 0. The van der Waals surface area contributed by atoms with Crippen molar-refractivity contribution in [2.75, 3.05) is 0 Å². The SMILES string of the molecule is CC(C)=C(Br)C(=O)CCC(F)(F)F. The Kier molecular flexibility index (Phi) is 4.67. The van der Waals surface area contributed by atoms with Gasteiger partial charge in [0.2, 0.25) is 0 Å². The second kappa shape index (κ2) is 4.79. The van der Waals surface area contributed by atoms with Gasteiger partial charge in [0.1, 0.15) is 0 Å². The lowest BCUT2D eigenvalue weighted by Crippen LogP contribution is -2.11. The Bertz CT molecular complexity index is 226. The standard InChI is InChI=1S/C8H10BrF3O/c1-5(2)7(9)6(13)3-4-8(10,11)12/h3-4H2,1-2H3. The van der Waals surface area contributed by atoms with Gasteiger partial charge in [0.25, 0.3) is 0 Å². The number of halogens is 4. The average molecular weight is 259 g/mol. The summed E-state index contributed by atoms with van der Waals surface area (Å²) in [6.07, 6.45) is -5.81. The number of rotatable bonds is 3. The van der Waals surface area contributed by atoms with Gasteiger partial charge in [0.05, 0.1) is 10.9 Å². The van der Waals surface area contributed by atoms with E-state index in [4.69, 9.17) is 0 Å². The molecule has 0 radical (unpaired) electrons. The van der Waals surface area contributed by atoms with E-state index in [1.807, 2.05) is 0 Å². The summed E-state index contributed by atoms with van der Waals surface area (Å²) < 4.78 is 35.3. The number of carbonyl (C=O) groups is 1. The van der Waals surface area contributed by atoms with Crippen LogP contribution < -0.4 is 0 Å². The third-order valence-electron chi connectivity index (χ3n) is 1.32. The van der Waals surface area contributed by atoms with Gasteiger partial charge in [0, 0.05) is 6.42 Å². The molecule has 0 saturated heterocycles. The summed E-state index contributed by atoms with van der Waals surface area (Å²) in [5.41, 5.74) is 0.687. The smallest absolute Gasteiger partial charge is 0.294 e. The van der Waals surface area contributed by atoms with E-state index in [2.05, 4.69) is 15.9 Å². The zero-order chi connectivity index (χ0) is 10.6. The first-order chi connectivity index (χ1) is 5.74. The lowest BCUT2D eigenvalue weighted by molar-refractivity contribution is -0.141. The van der Waals surface area contributed by atoms with E-state index < -0.39 is 24.8 Å². The van der Waals surface area contributed by atoms with Gasteiger partial charge in [0.15, 0.2) is 5.78 Å². The Labute approximate surface area is 83.1 Å². The van der Waals surface area contributed by atoms with Crippen molar-refractivity contribution in [2.45, 2.75) is 32.9 Å². The maximum atomic E-state index is 11.7. The molecule has 5 heteroatoms. The van der Waals surface area contributed by atoms with E-state index in [1.54, 1.807) is 13.8 Å². The molecule has 0 aromatic heterocycles. The Morgan fingerprint density at radius 2 is 1.77 bits per heavy atom. The lowest BCUT2D eigenvalue weighted by atomic mass is 10.1. The first-order valence-corrected chi connectivity index (χ1v) is 4.46. The Morgan fingerprint density at radius 1 is 1.31 bits per heavy atom. The maximum absolute atomic E-state index is 11.7. The molecule has 0 aromatic carbocycles. The van der Waals surface area contributed by atoms with E-state index >= 15 is 0 Å². The number of ketones is 1. The molecule has 0 aliphatic heterocycles. The van der Waals surface area contributed by atoms with Crippen LogP contribution in [0, 0.1) is 0 Å². The van der Waals surface area contributed by atoms with Crippen molar-refractivity contribution in [1.29, 1.82) is 0 Å². The summed E-state index contributed by atoms with van der Waals surface area (Å²) in [6.45, 7) is 3.32. The number of hydrogen-bond donors (Lipinski definition) is 0. The summed E-state index contributed by atoms with van der Waals surface area (Å²) in [5.74, 6) is -0.502. The summed E-state index contributed by atoms with van der Waals surface area (Å²) in [6, 6.07) is 0. The van der Waals surface area contributed by atoms with Gasteiger partial charge in [-0.25, -0.2) is 0 Å². The number of alkyl halides is 3. The van der Waals surface area contributed by atoms with Crippen molar-refractivity contribution in [3.63, 3.8) is 0 Å². The molecule has 0 spiro atoms. The zero-order valence-corrected chi connectivity index (χ0v) is 8.92. The number of allylic oxidation sites excluding steroid dienone is 2. The minimum Gasteiger partial charge on any atom is -0.294 e. The fourth-order valence-corrected chi connectivity index (χ4v) is 0.842. The van der Waals surface area contributed by atoms with Gasteiger partial charge in [-0.05, 0) is 29.8 Å². The van der Waals surface area contributed by atoms with E-state index in [0.29, 0.717) is 5.57 Å². The highest BCUT2D eigenvalue weighted by molar-refractivity contribution is 9.12. The predicted molar refractivity (Wildman–Crippen MR) is 47.6 cm³/mol. The van der Waals surface area contributed by atoms with E-state index in [0.717, 1.165) is 0 Å². The summed E-state index contributed by atoms with van der Waals surface area (Å²) in [5, 5.41) is 0. The number of carbonyl (C=O) groups excluding carboxylic acids is 1. The van der Waals surface area contributed by atoms with Crippen LogP contribution in [0.4, 0.5) is 13.2 Å². The Morgan fingerprint density at radius 3 is 2.08 bits per heavy atom. The van der Waals surface area contributed by atoms with E-state index in [-0.39, 0.29) is 4.48 Å². The van der Waals surface area contributed by atoms with Gasteiger partial charge in [-0.3, -0.25) is 4.79 Å². The summed E-state index contributed by atoms with van der Waals surface area (Å²) >= 11 is 2.94. The minimum absolute atomic E-state index is 0.247. The van der Waals surface area contributed by atoms with Crippen LogP contribution in [0.15, 0.2) is 10.1 Å². The molecule has 0 aliphatic carbocycles. The molecule has 0 atom stereocenters. The largest absolute Gasteiger partial charge is 0.389 e. The molecular weight excluding hydrogens is 249 g/mol. The van der Waals surface area contributed by atoms with Crippen LogP contribution in [0.2, 0.25) is 0 Å². The highest BCUT2D eigenvalue weighted by Crippen LogP contribution is 2.24. The molecule has 0 unspecified atom stereocenters. The van der Waals surface area contributed by atoms with Crippen LogP contribution in [0.3, 0.4) is 0 Å². The van der Waals surface area contributed by atoms with Gasteiger partial charge in [-0.15, -0.1) is 0 Å². The first-order valence-electron chi connectivity index (χ1n) is 3.67. The van der Waals surface area contributed by atoms with Gasteiger partial charge in [-0.1, -0.05) is 5.57 Å². The molecule has 13 heavy (non-hydrogen) atoms. The molecule has 0 heterocycles. The van der Waals surface area contributed by atoms with Crippen LogP contribution >= 0.6 is 15.9 Å². The second-order valence-corrected chi connectivity index (χ2v) is 3.65. The van der Waals surface area contributed by atoms with E-state index in [1.165, 1.54) is 0 Å². The van der Waals surface area contributed by atoms with Crippen molar-refractivity contribution in [3.8, 4) is 0 Å². The molecule has 0 amide bonds. The molecule has 0 rings (SSSR count). The van der Waals surface area contributed by atoms with Crippen molar-refractivity contribution >= 4 is 21.7 Å². The molecular formula is C8H10BrF3O. The molecule has 0 N–H and O–H groups in total. The summed E-state index contributed by atoms with van der Waals surface area (Å²) in [4.78, 5) is 11.0. The van der Waals surface area contributed by atoms with Crippen molar-refractivity contribution in [1.82, 2.24) is 0 Å². The van der Waals surface area contributed by atoms with Crippen molar-refractivity contribution in [3.05, 3.63) is 10.1 Å². The van der Waals surface area contributed by atoms with Crippen LogP contribution in [-0.2, 0) is 4.79 Å². The first kappa shape index (κ1) is 12.7. The third kappa shape index (κ3) is 5.85. The highest BCUT2D eigenvalue weighted by Gasteiger charge is 2.28. The predicted octanol–water partition coefficient (Wildman–Crippen LogP) is 3.59. The monoisotopic (exact) mass is 258 g/mol. The fraction of sp³-hybridized carbons (Fsp3) is 0.625. The topological polar surface area (TPSA) is 17.1 Å². The highest BCUT2D eigenvalue weighted by atomic mass is 79.9. The average Bonchev–Trinajstić information content (AvgIpc) is 1.97. The second-order valence-electron chi connectivity index (χ2n) is 2.85. The molecule has 76 valence electrons. The lowest BCUT2D eigenvalue weighted by Gasteiger charge is -2.05. The van der Waals surface area contributed by atoms with Gasteiger partial charge in [-0.2, -0.15) is 13.2 Å². The van der Waals surface area contributed by atoms with Crippen molar-refractivity contribution in [2.24, 2.45) is 0 Å². The normalized spacial score (nSPS) is 11.2. The molecule has 0 bridgehead atoms. The molecule has 0 aromatic rings. The van der Waals surface area contributed by atoms with E-state index in [9.17, 15) is 18.0 Å². The number of hydrogen-bond acceptors (Lipinski definition) is 1. The zero-order valence-electron chi connectivity index (χ0n) is 7.33. The van der Waals surface area contributed by atoms with Crippen LogP contribution in [0.5, 0.6) is 0 Å².